The molecule has 0 aromatic heterocycles. The maximum absolute atomic E-state index is 11.5. The van der Waals surface area contributed by atoms with Crippen LogP contribution in [0.3, 0.4) is 0 Å². The first-order chi connectivity index (χ1) is 6.18. The number of amides is 1. The summed E-state index contributed by atoms with van der Waals surface area (Å²) < 4.78 is 0. The first-order valence-corrected chi connectivity index (χ1v) is 5.26. The molecular formula is C11H22N2O. The van der Waals surface area contributed by atoms with Gasteiger partial charge in [-0.15, -0.1) is 0 Å². The fraction of sp³-hybridized carbons (Fsp3) is 0.909. The lowest BCUT2D eigenvalue weighted by Gasteiger charge is -2.43. The van der Waals surface area contributed by atoms with Crippen LogP contribution in [0.4, 0.5) is 0 Å². The zero-order chi connectivity index (χ0) is 11.0. The SMILES string of the molecule is CC(C)(N)CC(=O)NC1CC(C)(C)C1. The molecule has 14 heavy (non-hydrogen) atoms. The average Bonchev–Trinajstić information content (AvgIpc) is 1.76. The molecule has 3 N–H and O–H groups in total. The van der Waals surface area contributed by atoms with Crippen LogP contribution in [-0.2, 0) is 4.79 Å². The van der Waals surface area contributed by atoms with Gasteiger partial charge in [-0.05, 0) is 32.1 Å². The zero-order valence-electron chi connectivity index (χ0n) is 9.68. The van der Waals surface area contributed by atoms with Gasteiger partial charge < -0.3 is 11.1 Å². The first-order valence-electron chi connectivity index (χ1n) is 5.26. The number of nitrogens with one attached hydrogen (secondary N) is 1. The van der Waals surface area contributed by atoms with Gasteiger partial charge in [0.05, 0.1) is 0 Å². The van der Waals surface area contributed by atoms with Crippen LogP contribution in [0.25, 0.3) is 0 Å². The van der Waals surface area contributed by atoms with Crippen molar-refractivity contribution in [3.8, 4) is 0 Å². The minimum Gasteiger partial charge on any atom is -0.353 e. The summed E-state index contributed by atoms with van der Waals surface area (Å²) in [5.74, 6) is 0.0815. The Morgan fingerprint density at radius 1 is 1.50 bits per heavy atom. The molecule has 1 rings (SSSR count). The molecule has 0 heterocycles. The minimum absolute atomic E-state index is 0.0815. The van der Waals surface area contributed by atoms with Crippen LogP contribution >= 0.6 is 0 Å². The Balaban J connectivity index is 2.24. The van der Waals surface area contributed by atoms with Crippen LogP contribution in [-0.4, -0.2) is 17.5 Å². The van der Waals surface area contributed by atoms with E-state index in [1.807, 2.05) is 13.8 Å². The van der Waals surface area contributed by atoms with E-state index in [9.17, 15) is 4.79 Å². The van der Waals surface area contributed by atoms with Crippen LogP contribution in [0.5, 0.6) is 0 Å². The van der Waals surface area contributed by atoms with Gasteiger partial charge in [-0.1, -0.05) is 13.8 Å². The first kappa shape index (κ1) is 11.5. The van der Waals surface area contributed by atoms with E-state index in [4.69, 9.17) is 5.73 Å². The number of carbonyl (C=O) groups excluding carboxylic acids is 1. The van der Waals surface area contributed by atoms with Gasteiger partial charge >= 0.3 is 0 Å². The molecule has 0 aromatic rings. The van der Waals surface area contributed by atoms with Gasteiger partial charge in [-0.3, -0.25) is 4.79 Å². The van der Waals surface area contributed by atoms with E-state index in [0.29, 0.717) is 17.9 Å². The largest absolute Gasteiger partial charge is 0.353 e. The molecule has 0 atom stereocenters. The molecule has 0 saturated heterocycles. The summed E-state index contributed by atoms with van der Waals surface area (Å²) in [5.41, 5.74) is 5.78. The smallest absolute Gasteiger partial charge is 0.222 e. The van der Waals surface area contributed by atoms with Crippen LogP contribution in [0.2, 0.25) is 0 Å². The Labute approximate surface area is 86.4 Å². The monoisotopic (exact) mass is 198 g/mol. The highest BCUT2D eigenvalue weighted by atomic mass is 16.1. The number of rotatable bonds is 3. The Morgan fingerprint density at radius 2 is 2.00 bits per heavy atom. The highest BCUT2D eigenvalue weighted by Crippen LogP contribution is 2.39. The Hall–Kier alpha value is -0.570. The van der Waals surface area contributed by atoms with Crippen molar-refractivity contribution >= 4 is 5.91 Å². The third-order valence-electron chi connectivity index (χ3n) is 2.58. The van der Waals surface area contributed by atoms with E-state index in [-0.39, 0.29) is 5.91 Å². The van der Waals surface area contributed by atoms with Crippen molar-refractivity contribution in [1.29, 1.82) is 0 Å². The lowest BCUT2D eigenvalue weighted by Crippen LogP contribution is -2.50. The second-order valence-corrected chi connectivity index (χ2v) is 6.00. The molecule has 0 spiro atoms. The minimum atomic E-state index is -0.399. The summed E-state index contributed by atoms with van der Waals surface area (Å²) in [6.07, 6.45) is 2.58. The van der Waals surface area contributed by atoms with Crippen LogP contribution in [0.1, 0.15) is 47.0 Å². The van der Waals surface area contributed by atoms with Crippen molar-refractivity contribution in [3.63, 3.8) is 0 Å². The van der Waals surface area contributed by atoms with Gasteiger partial charge in [0.2, 0.25) is 5.91 Å². The van der Waals surface area contributed by atoms with Gasteiger partial charge in [0, 0.05) is 18.0 Å². The summed E-state index contributed by atoms with van der Waals surface area (Å²) in [5, 5.41) is 3.01. The molecule has 82 valence electrons. The van der Waals surface area contributed by atoms with Crippen molar-refractivity contribution in [2.45, 2.75) is 58.5 Å². The maximum atomic E-state index is 11.5. The molecule has 0 aliphatic heterocycles. The summed E-state index contributed by atoms with van der Waals surface area (Å²) >= 11 is 0. The van der Waals surface area contributed by atoms with Crippen LogP contribution in [0, 0.1) is 5.41 Å². The standard InChI is InChI=1S/C11H22N2O/c1-10(2)5-8(6-10)13-9(14)7-11(3,4)12/h8H,5-7,12H2,1-4H3,(H,13,14). The van der Waals surface area contributed by atoms with Gasteiger partial charge in [-0.25, -0.2) is 0 Å². The Kier molecular flexibility index (Phi) is 2.91. The summed E-state index contributed by atoms with van der Waals surface area (Å²) in [6.45, 7) is 8.19. The molecule has 3 nitrogen and oxygen atoms in total. The molecule has 3 heteroatoms. The van der Waals surface area contributed by atoms with Crippen molar-refractivity contribution in [2.75, 3.05) is 0 Å². The molecule has 1 saturated carbocycles. The fourth-order valence-electron chi connectivity index (χ4n) is 2.07. The Morgan fingerprint density at radius 3 is 2.36 bits per heavy atom. The molecule has 0 radical (unpaired) electrons. The molecule has 1 amide bonds. The number of hydrogen-bond acceptors (Lipinski definition) is 2. The van der Waals surface area contributed by atoms with Crippen molar-refractivity contribution in [1.82, 2.24) is 5.32 Å². The molecule has 0 unspecified atom stereocenters. The maximum Gasteiger partial charge on any atom is 0.222 e. The normalized spacial score (nSPS) is 21.5. The number of hydrogen-bond donors (Lipinski definition) is 2. The second kappa shape index (κ2) is 3.54. The molecule has 0 bridgehead atoms. The third-order valence-corrected chi connectivity index (χ3v) is 2.58. The predicted octanol–water partition coefficient (Wildman–Crippen LogP) is 1.42. The lowest BCUT2D eigenvalue weighted by molar-refractivity contribution is -0.124. The van der Waals surface area contributed by atoms with E-state index in [1.165, 1.54) is 0 Å². The van der Waals surface area contributed by atoms with Crippen LogP contribution in [0.15, 0.2) is 0 Å². The average molecular weight is 198 g/mol. The van der Waals surface area contributed by atoms with E-state index in [1.54, 1.807) is 0 Å². The van der Waals surface area contributed by atoms with Gasteiger partial charge in [0.1, 0.15) is 0 Å². The molecular weight excluding hydrogens is 176 g/mol. The quantitative estimate of drug-likeness (QED) is 0.720. The van der Waals surface area contributed by atoms with Gasteiger partial charge in [0.25, 0.3) is 0 Å². The van der Waals surface area contributed by atoms with E-state index >= 15 is 0 Å². The van der Waals surface area contributed by atoms with Crippen molar-refractivity contribution in [2.24, 2.45) is 11.1 Å². The number of carbonyl (C=O) groups is 1. The second-order valence-electron chi connectivity index (χ2n) is 6.00. The Bertz CT molecular complexity index is 220. The summed E-state index contributed by atoms with van der Waals surface area (Å²) in [6, 6.07) is 0.375. The third kappa shape index (κ3) is 3.66. The zero-order valence-corrected chi connectivity index (χ0v) is 9.68. The highest BCUT2D eigenvalue weighted by molar-refractivity contribution is 5.77. The molecule has 1 aliphatic carbocycles. The van der Waals surface area contributed by atoms with E-state index in [0.717, 1.165) is 12.8 Å². The molecule has 0 aromatic carbocycles. The van der Waals surface area contributed by atoms with E-state index < -0.39 is 5.54 Å². The lowest BCUT2D eigenvalue weighted by atomic mass is 9.68. The fourth-order valence-corrected chi connectivity index (χ4v) is 2.07. The van der Waals surface area contributed by atoms with Crippen molar-refractivity contribution < 1.29 is 4.79 Å². The van der Waals surface area contributed by atoms with Crippen LogP contribution < -0.4 is 11.1 Å². The highest BCUT2D eigenvalue weighted by Gasteiger charge is 2.36. The van der Waals surface area contributed by atoms with Crippen molar-refractivity contribution in [3.05, 3.63) is 0 Å². The van der Waals surface area contributed by atoms with Gasteiger partial charge in [0.15, 0.2) is 0 Å². The molecule has 1 fully saturated rings. The van der Waals surface area contributed by atoms with E-state index in [2.05, 4.69) is 19.2 Å². The van der Waals surface area contributed by atoms with Gasteiger partial charge in [-0.2, -0.15) is 0 Å². The molecule has 1 aliphatic rings. The summed E-state index contributed by atoms with van der Waals surface area (Å²) in [4.78, 5) is 11.5. The predicted molar refractivity (Wildman–Crippen MR) is 57.8 cm³/mol. The number of nitrogens with two attached hydrogens (primary N) is 1. The summed E-state index contributed by atoms with van der Waals surface area (Å²) in [7, 11) is 0. The topological polar surface area (TPSA) is 55.1 Å².